The van der Waals surface area contributed by atoms with E-state index in [-0.39, 0.29) is 34.6 Å². The van der Waals surface area contributed by atoms with Gasteiger partial charge in [-0.05, 0) is 17.7 Å². The van der Waals surface area contributed by atoms with Crippen LogP contribution < -0.4 is 31.6 Å². The Morgan fingerprint density at radius 1 is 1.31 bits per heavy atom. The predicted octanol–water partition coefficient (Wildman–Crippen LogP) is 0.993. The molecule has 146 valence electrons. The van der Waals surface area contributed by atoms with Crippen molar-refractivity contribution >= 4 is 29.3 Å². The molecule has 0 bridgehead atoms. The Balaban J connectivity index is 2.20. The van der Waals surface area contributed by atoms with Crippen molar-refractivity contribution in [2.45, 2.75) is 13.0 Å². The van der Waals surface area contributed by atoms with E-state index in [1.165, 1.54) is 14.0 Å². The van der Waals surface area contributed by atoms with Gasteiger partial charge in [0.1, 0.15) is 29.3 Å². The fourth-order valence-electron chi connectivity index (χ4n) is 2.92. The summed E-state index contributed by atoms with van der Waals surface area (Å²) in [5, 5.41) is 23.6. The van der Waals surface area contributed by atoms with Crippen molar-refractivity contribution in [3.8, 4) is 23.8 Å². The molecule has 2 aromatic rings. The van der Waals surface area contributed by atoms with Gasteiger partial charge in [-0.15, -0.1) is 0 Å². The molecule has 0 aliphatic carbocycles. The minimum absolute atomic E-state index is 0.0333. The number of nitrogens with zero attached hydrogens (tertiary/aromatic N) is 4. The highest BCUT2D eigenvalue weighted by atomic mass is 16.6. The fraction of sp³-hybridized carbons (Fsp3) is 0.167. The Labute approximate surface area is 165 Å². The number of anilines is 3. The summed E-state index contributed by atoms with van der Waals surface area (Å²) in [4.78, 5) is 19.9. The zero-order valence-corrected chi connectivity index (χ0v) is 15.5. The summed E-state index contributed by atoms with van der Waals surface area (Å²) in [6, 6.07) is 6.04. The molecule has 1 aromatic heterocycles. The van der Waals surface area contributed by atoms with E-state index in [1.807, 2.05) is 6.07 Å². The number of nitrogen functional groups attached to an aromatic ring is 2. The number of nitrogens with one attached hydrogen (secondary N) is 2. The van der Waals surface area contributed by atoms with Crippen molar-refractivity contribution in [3.05, 3.63) is 34.9 Å². The summed E-state index contributed by atoms with van der Waals surface area (Å²) in [6.07, 6.45) is 1.78. The smallest absolute Gasteiger partial charge is 0.308 e. The van der Waals surface area contributed by atoms with Crippen molar-refractivity contribution in [1.29, 1.82) is 10.5 Å². The third-order valence-electron chi connectivity index (χ3n) is 4.11. The molecule has 1 aromatic carbocycles. The third kappa shape index (κ3) is 3.52. The van der Waals surface area contributed by atoms with Crippen LogP contribution in [0.5, 0.6) is 11.5 Å². The van der Waals surface area contributed by atoms with Gasteiger partial charge in [0.25, 0.3) is 0 Å². The molecule has 0 saturated heterocycles. The minimum Gasteiger partial charge on any atom is -0.493 e. The Morgan fingerprint density at radius 2 is 2.07 bits per heavy atom. The van der Waals surface area contributed by atoms with Gasteiger partial charge in [0.15, 0.2) is 17.7 Å². The van der Waals surface area contributed by atoms with E-state index < -0.39 is 12.0 Å². The number of aromatic nitrogens is 1. The number of esters is 1. The molecule has 11 heteroatoms. The van der Waals surface area contributed by atoms with E-state index in [0.29, 0.717) is 16.9 Å². The molecule has 1 unspecified atom stereocenters. The number of fused-ring (bicyclic) bond motifs is 1. The molecular weight excluding hydrogens is 376 g/mol. The summed E-state index contributed by atoms with van der Waals surface area (Å²) in [6.45, 7) is 1.28. The SMILES string of the molecule is COc1cc(C2N=C(NC#N)Nc3nc(N)c(C#N)c(N)c32)ccc1OC(C)=O. The van der Waals surface area contributed by atoms with Crippen LogP contribution in [0.15, 0.2) is 23.2 Å². The van der Waals surface area contributed by atoms with Gasteiger partial charge in [-0.3, -0.25) is 10.1 Å². The number of nitrogens with two attached hydrogens (primary N) is 2. The van der Waals surface area contributed by atoms with Crippen molar-refractivity contribution in [2.24, 2.45) is 4.99 Å². The molecule has 0 radical (unpaired) electrons. The normalized spacial score (nSPS) is 14.3. The Kier molecular flexibility index (Phi) is 5.06. The second-order valence-electron chi connectivity index (χ2n) is 5.91. The molecule has 3 rings (SSSR count). The van der Waals surface area contributed by atoms with Crippen molar-refractivity contribution < 1.29 is 14.3 Å². The van der Waals surface area contributed by atoms with Gasteiger partial charge in [0.05, 0.1) is 12.8 Å². The van der Waals surface area contributed by atoms with Crippen LogP contribution in [0.4, 0.5) is 17.3 Å². The lowest BCUT2D eigenvalue weighted by Crippen LogP contribution is -2.32. The van der Waals surface area contributed by atoms with E-state index in [1.54, 1.807) is 24.4 Å². The first-order valence-electron chi connectivity index (χ1n) is 8.24. The van der Waals surface area contributed by atoms with Gasteiger partial charge in [0.2, 0.25) is 5.96 Å². The molecule has 0 saturated carbocycles. The monoisotopic (exact) mass is 392 g/mol. The quantitative estimate of drug-likeness (QED) is 0.254. The number of hydrogen-bond donors (Lipinski definition) is 4. The maximum Gasteiger partial charge on any atom is 0.308 e. The second-order valence-corrected chi connectivity index (χ2v) is 5.91. The summed E-state index contributed by atoms with van der Waals surface area (Å²) >= 11 is 0. The largest absolute Gasteiger partial charge is 0.493 e. The number of benzene rings is 1. The van der Waals surface area contributed by atoms with Gasteiger partial charge in [0, 0.05) is 12.5 Å². The number of hydrogen-bond acceptors (Lipinski definition) is 11. The summed E-state index contributed by atoms with van der Waals surface area (Å²) in [7, 11) is 1.43. The number of nitriles is 2. The van der Waals surface area contributed by atoms with Crippen LogP contribution in [-0.4, -0.2) is 24.0 Å². The van der Waals surface area contributed by atoms with Gasteiger partial charge in [-0.25, -0.2) is 9.98 Å². The minimum atomic E-state index is -0.734. The molecule has 2 heterocycles. The molecule has 11 nitrogen and oxygen atoms in total. The van der Waals surface area contributed by atoms with Gasteiger partial charge in [-0.1, -0.05) is 6.07 Å². The first-order valence-corrected chi connectivity index (χ1v) is 8.24. The van der Waals surface area contributed by atoms with Crippen molar-refractivity contribution in [2.75, 3.05) is 23.9 Å². The lowest BCUT2D eigenvalue weighted by molar-refractivity contribution is -0.132. The highest BCUT2D eigenvalue weighted by Crippen LogP contribution is 2.42. The van der Waals surface area contributed by atoms with E-state index in [9.17, 15) is 10.1 Å². The summed E-state index contributed by atoms with van der Waals surface area (Å²) in [5.74, 6) is 0.382. The topological polar surface area (TPSA) is 184 Å². The van der Waals surface area contributed by atoms with Crippen LogP contribution in [0.25, 0.3) is 0 Å². The van der Waals surface area contributed by atoms with Crippen molar-refractivity contribution in [3.63, 3.8) is 0 Å². The molecule has 0 amide bonds. The second kappa shape index (κ2) is 7.62. The molecule has 0 spiro atoms. The molecule has 1 aliphatic heterocycles. The lowest BCUT2D eigenvalue weighted by atomic mass is 9.95. The average Bonchev–Trinajstić information content (AvgIpc) is 2.67. The van der Waals surface area contributed by atoms with Crippen LogP contribution in [0, 0.1) is 22.8 Å². The molecule has 0 fully saturated rings. The first-order chi connectivity index (χ1) is 13.9. The number of pyridine rings is 1. The summed E-state index contributed by atoms with van der Waals surface area (Å²) < 4.78 is 10.4. The number of ether oxygens (including phenoxy) is 2. The van der Waals surface area contributed by atoms with Crippen LogP contribution >= 0.6 is 0 Å². The maximum absolute atomic E-state index is 11.3. The van der Waals surface area contributed by atoms with E-state index >= 15 is 0 Å². The number of methoxy groups -OCH3 is 1. The van der Waals surface area contributed by atoms with Crippen LogP contribution in [-0.2, 0) is 4.79 Å². The van der Waals surface area contributed by atoms with Crippen molar-refractivity contribution in [1.82, 2.24) is 10.3 Å². The number of carbonyl (C=O) groups excluding carboxylic acids is 1. The Morgan fingerprint density at radius 3 is 2.69 bits per heavy atom. The van der Waals surface area contributed by atoms with E-state index in [0.717, 1.165) is 0 Å². The maximum atomic E-state index is 11.3. The lowest BCUT2D eigenvalue weighted by Gasteiger charge is -2.26. The molecule has 1 atom stereocenters. The van der Waals surface area contributed by atoms with Gasteiger partial charge in [-0.2, -0.15) is 10.5 Å². The van der Waals surface area contributed by atoms with Crippen LogP contribution in [0.2, 0.25) is 0 Å². The first kappa shape index (κ1) is 19.3. The Hall–Kier alpha value is -4.51. The number of rotatable bonds is 3. The summed E-state index contributed by atoms with van der Waals surface area (Å²) in [5.41, 5.74) is 13.2. The highest BCUT2D eigenvalue weighted by molar-refractivity contribution is 5.98. The van der Waals surface area contributed by atoms with Crippen LogP contribution in [0.1, 0.15) is 29.7 Å². The standard InChI is InChI=1S/C18H16N8O3/c1-8(27)29-11-4-3-9(5-12(11)28-2)15-13-14(21)10(6-19)16(22)25-17(13)26-18(24-15)23-7-20/h3-5,15H,1-2H3,(H6,21,22,23,24,25,26). The average molecular weight is 392 g/mol. The number of guanidine groups is 1. The molecule has 29 heavy (non-hydrogen) atoms. The number of carbonyl (C=O) groups is 1. The Bertz CT molecular complexity index is 1110. The van der Waals surface area contributed by atoms with Gasteiger partial charge < -0.3 is 26.3 Å². The van der Waals surface area contributed by atoms with Crippen LogP contribution in [0.3, 0.4) is 0 Å². The highest BCUT2D eigenvalue weighted by Gasteiger charge is 2.30. The van der Waals surface area contributed by atoms with E-state index in [2.05, 4.69) is 20.6 Å². The number of aliphatic imine (C=N–C) groups is 1. The fourth-order valence-corrected chi connectivity index (χ4v) is 2.92. The molecule has 1 aliphatic rings. The van der Waals surface area contributed by atoms with Gasteiger partial charge >= 0.3 is 5.97 Å². The molecular formula is C18H16N8O3. The predicted molar refractivity (Wildman–Crippen MR) is 104 cm³/mol. The zero-order chi connectivity index (χ0) is 21.1. The van der Waals surface area contributed by atoms with E-state index in [4.69, 9.17) is 26.2 Å². The third-order valence-corrected chi connectivity index (χ3v) is 4.11. The molecule has 6 N–H and O–H groups in total. The zero-order valence-electron chi connectivity index (χ0n) is 15.5.